The highest BCUT2D eigenvalue weighted by molar-refractivity contribution is 4.80. The Morgan fingerprint density at radius 1 is 0.857 bits per heavy atom. The van der Waals surface area contributed by atoms with E-state index in [1.807, 2.05) is 0 Å². The average Bonchev–Trinajstić information content (AvgIpc) is 2.17. The molecule has 1 heteroatoms. The fourth-order valence-electron chi connectivity index (χ4n) is 1.38. The van der Waals surface area contributed by atoms with Gasteiger partial charge in [-0.25, -0.2) is 0 Å². The molecule has 0 bridgehead atoms. The van der Waals surface area contributed by atoms with E-state index in [-0.39, 0.29) is 0 Å². The van der Waals surface area contributed by atoms with E-state index in [4.69, 9.17) is 0 Å². The molecule has 0 unspecified atom stereocenters. The summed E-state index contributed by atoms with van der Waals surface area (Å²) in [6.07, 6.45) is 4.98. The molecule has 0 saturated heterocycles. The summed E-state index contributed by atoms with van der Waals surface area (Å²) in [7, 11) is 0. The molecule has 0 aliphatic rings. The molecule has 0 spiro atoms. The van der Waals surface area contributed by atoms with Crippen LogP contribution in [0.2, 0.25) is 0 Å². The lowest BCUT2D eigenvalue weighted by Crippen LogP contribution is -2.42. The Kier molecular flexibility index (Phi) is 5.73. The second kappa shape index (κ2) is 5.75. The first-order valence-corrected chi connectivity index (χ1v) is 6.14. The minimum Gasteiger partial charge on any atom is -0.312 e. The molecule has 0 atom stereocenters. The van der Waals surface area contributed by atoms with Crippen LogP contribution >= 0.6 is 0 Å². The van der Waals surface area contributed by atoms with Gasteiger partial charge in [-0.1, -0.05) is 41.0 Å². The molecule has 14 heavy (non-hydrogen) atoms. The van der Waals surface area contributed by atoms with Crippen LogP contribution in [0.1, 0.15) is 67.2 Å². The molecule has 0 aromatic rings. The molecule has 86 valence electrons. The van der Waals surface area contributed by atoms with Gasteiger partial charge in [0.25, 0.3) is 0 Å². The van der Waals surface area contributed by atoms with Gasteiger partial charge in [0.15, 0.2) is 0 Å². The van der Waals surface area contributed by atoms with Crippen molar-refractivity contribution in [3.8, 4) is 0 Å². The van der Waals surface area contributed by atoms with Gasteiger partial charge >= 0.3 is 0 Å². The molecule has 0 heterocycles. The van der Waals surface area contributed by atoms with Gasteiger partial charge in [0.2, 0.25) is 0 Å². The van der Waals surface area contributed by atoms with E-state index in [1.165, 1.54) is 25.7 Å². The summed E-state index contributed by atoms with van der Waals surface area (Å²) < 4.78 is 0. The van der Waals surface area contributed by atoms with Gasteiger partial charge in [-0.3, -0.25) is 0 Å². The maximum atomic E-state index is 3.69. The first-order valence-electron chi connectivity index (χ1n) is 6.14. The van der Waals surface area contributed by atoms with Gasteiger partial charge in [-0.15, -0.1) is 0 Å². The molecule has 0 saturated carbocycles. The molecule has 0 aromatic carbocycles. The predicted molar refractivity (Wildman–Crippen MR) is 65.7 cm³/mol. The number of nitrogens with one attached hydrogen (secondary N) is 1. The fraction of sp³-hybridized carbons (Fsp3) is 1.00. The fourth-order valence-corrected chi connectivity index (χ4v) is 1.38. The molecule has 0 radical (unpaired) electrons. The van der Waals surface area contributed by atoms with E-state index < -0.39 is 0 Å². The number of hydrogen-bond acceptors (Lipinski definition) is 1. The lowest BCUT2D eigenvalue weighted by molar-refractivity contribution is 0.270. The third-order valence-electron chi connectivity index (χ3n) is 3.87. The maximum absolute atomic E-state index is 3.69. The van der Waals surface area contributed by atoms with Crippen molar-refractivity contribution in [2.75, 3.05) is 6.54 Å². The lowest BCUT2D eigenvalue weighted by Gasteiger charge is -2.31. The Hall–Kier alpha value is -0.0400. The second-order valence-corrected chi connectivity index (χ2v) is 5.46. The standard InChI is InChI=1S/C13H29N/c1-7-12(4,5)10-11-14-13(6,8-2)9-3/h14H,7-11H2,1-6H3. The monoisotopic (exact) mass is 199 g/mol. The largest absolute Gasteiger partial charge is 0.312 e. The summed E-state index contributed by atoms with van der Waals surface area (Å²) in [6, 6.07) is 0. The quantitative estimate of drug-likeness (QED) is 0.654. The van der Waals surface area contributed by atoms with Crippen LogP contribution in [0.5, 0.6) is 0 Å². The highest BCUT2D eigenvalue weighted by atomic mass is 15.0. The second-order valence-electron chi connectivity index (χ2n) is 5.46. The zero-order valence-corrected chi connectivity index (χ0v) is 11.0. The highest BCUT2D eigenvalue weighted by Gasteiger charge is 2.20. The summed E-state index contributed by atoms with van der Waals surface area (Å²) in [5.41, 5.74) is 0.846. The van der Waals surface area contributed by atoms with Gasteiger partial charge in [0.05, 0.1) is 0 Å². The summed E-state index contributed by atoms with van der Waals surface area (Å²) in [5, 5.41) is 3.69. The smallest absolute Gasteiger partial charge is 0.0148 e. The van der Waals surface area contributed by atoms with Crippen molar-refractivity contribution in [1.29, 1.82) is 0 Å². The van der Waals surface area contributed by atoms with E-state index in [0.717, 1.165) is 6.54 Å². The van der Waals surface area contributed by atoms with Crippen molar-refractivity contribution in [1.82, 2.24) is 5.32 Å². The van der Waals surface area contributed by atoms with E-state index in [0.29, 0.717) is 11.0 Å². The van der Waals surface area contributed by atoms with Crippen molar-refractivity contribution in [3.63, 3.8) is 0 Å². The summed E-state index contributed by atoms with van der Waals surface area (Å²) in [5.74, 6) is 0. The van der Waals surface area contributed by atoms with Crippen LogP contribution in [0.15, 0.2) is 0 Å². The molecular formula is C13H29N. The summed E-state index contributed by atoms with van der Waals surface area (Å²) >= 11 is 0. The zero-order valence-electron chi connectivity index (χ0n) is 11.0. The Labute approximate surface area is 90.7 Å². The Balaban J connectivity index is 3.83. The molecule has 1 nitrogen and oxygen atoms in total. The zero-order chi connectivity index (χ0) is 11.2. The minimum absolute atomic E-state index is 0.351. The summed E-state index contributed by atoms with van der Waals surface area (Å²) in [6.45, 7) is 15.0. The molecule has 0 amide bonds. The average molecular weight is 199 g/mol. The predicted octanol–water partition coefficient (Wildman–Crippen LogP) is 3.98. The lowest BCUT2D eigenvalue weighted by atomic mass is 9.86. The minimum atomic E-state index is 0.351. The van der Waals surface area contributed by atoms with Gasteiger partial charge in [-0.2, -0.15) is 0 Å². The number of hydrogen-bond donors (Lipinski definition) is 1. The topological polar surface area (TPSA) is 12.0 Å². The highest BCUT2D eigenvalue weighted by Crippen LogP contribution is 2.24. The van der Waals surface area contributed by atoms with Crippen LogP contribution in [0.25, 0.3) is 0 Å². The van der Waals surface area contributed by atoms with Crippen molar-refractivity contribution < 1.29 is 0 Å². The van der Waals surface area contributed by atoms with Gasteiger partial charge in [0, 0.05) is 5.54 Å². The first kappa shape index (κ1) is 14.0. The van der Waals surface area contributed by atoms with Gasteiger partial charge in [0.1, 0.15) is 0 Å². The molecule has 0 aliphatic carbocycles. The molecular weight excluding hydrogens is 170 g/mol. The van der Waals surface area contributed by atoms with Crippen molar-refractivity contribution >= 4 is 0 Å². The van der Waals surface area contributed by atoms with Crippen LogP contribution in [0, 0.1) is 5.41 Å². The third-order valence-corrected chi connectivity index (χ3v) is 3.87. The summed E-state index contributed by atoms with van der Waals surface area (Å²) in [4.78, 5) is 0. The van der Waals surface area contributed by atoms with E-state index in [9.17, 15) is 0 Å². The van der Waals surface area contributed by atoms with Crippen molar-refractivity contribution in [2.24, 2.45) is 5.41 Å². The molecule has 0 rings (SSSR count). The Morgan fingerprint density at radius 2 is 1.36 bits per heavy atom. The van der Waals surface area contributed by atoms with Crippen LogP contribution < -0.4 is 5.32 Å². The Bertz CT molecular complexity index is 145. The third kappa shape index (κ3) is 4.99. The van der Waals surface area contributed by atoms with E-state index in [1.54, 1.807) is 0 Å². The van der Waals surface area contributed by atoms with Crippen LogP contribution in [0.3, 0.4) is 0 Å². The number of rotatable bonds is 7. The SMILES string of the molecule is CCC(C)(C)CCNC(C)(CC)CC. The Morgan fingerprint density at radius 3 is 1.71 bits per heavy atom. The maximum Gasteiger partial charge on any atom is 0.0148 e. The van der Waals surface area contributed by atoms with Gasteiger partial charge < -0.3 is 5.32 Å². The normalized spacial score (nSPS) is 13.3. The molecule has 1 N–H and O–H groups in total. The first-order chi connectivity index (χ1) is 6.39. The van der Waals surface area contributed by atoms with Crippen LogP contribution in [-0.4, -0.2) is 12.1 Å². The van der Waals surface area contributed by atoms with Crippen LogP contribution in [0.4, 0.5) is 0 Å². The van der Waals surface area contributed by atoms with Crippen molar-refractivity contribution in [3.05, 3.63) is 0 Å². The van der Waals surface area contributed by atoms with Gasteiger partial charge in [-0.05, 0) is 38.1 Å². The molecule has 0 aromatic heterocycles. The van der Waals surface area contributed by atoms with E-state index >= 15 is 0 Å². The molecule has 0 fully saturated rings. The van der Waals surface area contributed by atoms with Crippen molar-refractivity contribution in [2.45, 2.75) is 72.8 Å². The van der Waals surface area contributed by atoms with E-state index in [2.05, 4.69) is 46.9 Å². The molecule has 0 aliphatic heterocycles. The van der Waals surface area contributed by atoms with Crippen LogP contribution in [-0.2, 0) is 0 Å².